The first kappa shape index (κ1) is 18.4. The fourth-order valence-electron chi connectivity index (χ4n) is 4.12. The number of carbonyl (C=O) groups is 1. The first-order valence-corrected chi connectivity index (χ1v) is 9.79. The Bertz CT molecular complexity index is 1010. The van der Waals surface area contributed by atoms with E-state index in [-0.39, 0.29) is 11.9 Å². The predicted molar refractivity (Wildman–Crippen MR) is 109 cm³/mol. The Morgan fingerprint density at radius 3 is 2.86 bits per heavy atom. The van der Waals surface area contributed by atoms with Gasteiger partial charge in [0.2, 0.25) is 5.91 Å². The second kappa shape index (κ2) is 7.58. The van der Waals surface area contributed by atoms with Crippen molar-refractivity contribution < 1.29 is 4.79 Å². The second-order valence-corrected chi connectivity index (χ2v) is 7.38. The third-order valence-corrected chi connectivity index (χ3v) is 5.68. The quantitative estimate of drug-likeness (QED) is 0.737. The van der Waals surface area contributed by atoms with Crippen molar-refractivity contribution in [1.29, 1.82) is 0 Å². The average Bonchev–Trinajstić information content (AvgIpc) is 3.28. The molecule has 7 nitrogen and oxygen atoms in total. The lowest BCUT2D eigenvalue weighted by atomic mass is 10.1. The molecule has 1 amide bonds. The van der Waals surface area contributed by atoms with E-state index in [2.05, 4.69) is 32.2 Å². The molecule has 1 atom stereocenters. The van der Waals surface area contributed by atoms with Crippen LogP contribution in [0.2, 0.25) is 0 Å². The number of nitrogens with one attached hydrogen (secondary N) is 1. The number of aryl methyl sites for hydroxylation is 2. The highest BCUT2D eigenvalue weighted by Gasteiger charge is 2.32. The van der Waals surface area contributed by atoms with E-state index < -0.39 is 0 Å². The first-order valence-electron chi connectivity index (χ1n) is 9.79. The molecule has 7 heteroatoms. The maximum atomic E-state index is 12.9. The molecule has 146 valence electrons. The van der Waals surface area contributed by atoms with Crippen LogP contribution >= 0.6 is 0 Å². The lowest BCUT2D eigenvalue weighted by Crippen LogP contribution is -2.44. The van der Waals surface area contributed by atoms with Gasteiger partial charge in [-0.05, 0) is 50.8 Å². The Hall–Kier alpha value is -2.96. The molecule has 28 heavy (non-hydrogen) atoms. The number of nitrogens with zero attached hydrogens (tertiary/aromatic N) is 5. The summed E-state index contributed by atoms with van der Waals surface area (Å²) in [6.07, 6.45) is 4.20. The molecule has 1 N–H and O–H groups in total. The largest absolute Gasteiger partial charge is 0.354 e. The van der Waals surface area contributed by atoms with Crippen LogP contribution in [0.3, 0.4) is 0 Å². The van der Waals surface area contributed by atoms with E-state index in [1.807, 2.05) is 42.9 Å². The summed E-state index contributed by atoms with van der Waals surface area (Å²) in [5, 5.41) is 8.56. The van der Waals surface area contributed by atoms with Crippen molar-refractivity contribution in [3.8, 4) is 0 Å². The number of anilines is 1. The number of carbonyl (C=O) groups excluding carboxylic acids is 1. The van der Waals surface area contributed by atoms with Gasteiger partial charge in [-0.25, -0.2) is 9.97 Å². The highest BCUT2D eigenvalue weighted by Crippen LogP contribution is 2.29. The molecule has 0 spiro atoms. The van der Waals surface area contributed by atoms with Crippen molar-refractivity contribution in [2.75, 3.05) is 18.0 Å². The molecule has 0 aliphatic carbocycles. The minimum Gasteiger partial charge on any atom is -0.354 e. The Balaban J connectivity index is 1.46. The van der Waals surface area contributed by atoms with E-state index in [0.29, 0.717) is 6.54 Å². The van der Waals surface area contributed by atoms with Gasteiger partial charge in [-0.1, -0.05) is 12.1 Å². The van der Waals surface area contributed by atoms with Gasteiger partial charge in [0.1, 0.15) is 18.2 Å². The van der Waals surface area contributed by atoms with E-state index >= 15 is 0 Å². The number of rotatable bonds is 5. The van der Waals surface area contributed by atoms with Gasteiger partial charge < -0.3 is 10.2 Å². The van der Waals surface area contributed by atoms with Crippen LogP contribution in [0.5, 0.6) is 0 Å². The van der Waals surface area contributed by atoms with Crippen LogP contribution in [-0.2, 0) is 18.3 Å². The van der Waals surface area contributed by atoms with Crippen molar-refractivity contribution in [3.05, 3.63) is 47.5 Å². The summed E-state index contributed by atoms with van der Waals surface area (Å²) in [7, 11) is 1.95. The zero-order chi connectivity index (χ0) is 19.7. The monoisotopic (exact) mass is 378 g/mol. The molecular weight excluding hydrogens is 352 g/mol. The van der Waals surface area contributed by atoms with Crippen LogP contribution in [0, 0.1) is 13.8 Å². The van der Waals surface area contributed by atoms with Crippen molar-refractivity contribution in [2.24, 2.45) is 7.05 Å². The van der Waals surface area contributed by atoms with Crippen LogP contribution < -0.4 is 10.2 Å². The third-order valence-electron chi connectivity index (χ3n) is 5.68. The topological polar surface area (TPSA) is 75.9 Å². The number of para-hydroxylation sites is 1. The molecule has 1 unspecified atom stereocenters. The van der Waals surface area contributed by atoms with Crippen LogP contribution in [0.25, 0.3) is 10.9 Å². The molecule has 1 aliphatic heterocycles. The molecule has 3 aromatic rings. The Morgan fingerprint density at radius 2 is 2.07 bits per heavy atom. The lowest BCUT2D eigenvalue weighted by molar-refractivity contribution is -0.122. The fourth-order valence-corrected chi connectivity index (χ4v) is 4.12. The molecule has 2 aromatic heterocycles. The fraction of sp³-hybridized carbons (Fsp3) is 0.429. The summed E-state index contributed by atoms with van der Waals surface area (Å²) < 4.78 is 1.89. The second-order valence-electron chi connectivity index (χ2n) is 7.38. The molecule has 3 heterocycles. The predicted octanol–water partition coefficient (Wildman–Crippen LogP) is 2.31. The molecule has 0 radical (unpaired) electrons. The van der Waals surface area contributed by atoms with Gasteiger partial charge in [0.15, 0.2) is 0 Å². The normalized spacial score (nSPS) is 16.7. The first-order chi connectivity index (χ1) is 13.6. The highest BCUT2D eigenvalue weighted by molar-refractivity contribution is 5.93. The molecule has 1 aromatic carbocycles. The van der Waals surface area contributed by atoms with Gasteiger partial charge in [-0.15, -0.1) is 0 Å². The van der Waals surface area contributed by atoms with Crippen molar-refractivity contribution >= 4 is 22.6 Å². The van der Waals surface area contributed by atoms with Gasteiger partial charge >= 0.3 is 0 Å². The van der Waals surface area contributed by atoms with Gasteiger partial charge in [-0.2, -0.15) is 5.10 Å². The summed E-state index contributed by atoms with van der Waals surface area (Å²) in [6.45, 7) is 5.53. The summed E-state index contributed by atoms with van der Waals surface area (Å²) in [5.41, 5.74) is 4.31. The average molecular weight is 378 g/mol. The van der Waals surface area contributed by atoms with E-state index in [4.69, 9.17) is 0 Å². The molecule has 0 bridgehead atoms. The van der Waals surface area contributed by atoms with E-state index in [9.17, 15) is 4.79 Å². The number of fused-ring (bicyclic) bond motifs is 1. The summed E-state index contributed by atoms with van der Waals surface area (Å²) in [4.78, 5) is 23.9. The minimum absolute atomic E-state index is 0.0689. The SMILES string of the molecule is Cc1nn(C)c(C)c1CCNC(=O)C1CCCN1c1ncnc2ccccc12. The maximum absolute atomic E-state index is 12.9. The molecule has 1 saturated heterocycles. The summed E-state index contributed by atoms with van der Waals surface area (Å²) in [5.74, 6) is 0.918. The van der Waals surface area contributed by atoms with Crippen LogP contribution in [-0.4, -0.2) is 44.8 Å². The van der Waals surface area contributed by atoms with E-state index in [1.54, 1.807) is 6.33 Å². The van der Waals surface area contributed by atoms with Crippen molar-refractivity contribution in [1.82, 2.24) is 25.1 Å². The van der Waals surface area contributed by atoms with Crippen LogP contribution in [0.4, 0.5) is 5.82 Å². The van der Waals surface area contributed by atoms with Gasteiger partial charge in [0, 0.05) is 31.2 Å². The highest BCUT2D eigenvalue weighted by atomic mass is 16.2. The van der Waals surface area contributed by atoms with E-state index in [1.165, 1.54) is 5.56 Å². The maximum Gasteiger partial charge on any atom is 0.242 e. The zero-order valence-electron chi connectivity index (χ0n) is 16.6. The number of benzene rings is 1. The molecule has 4 rings (SSSR count). The van der Waals surface area contributed by atoms with Gasteiger partial charge in [0.05, 0.1) is 11.2 Å². The zero-order valence-corrected chi connectivity index (χ0v) is 16.6. The number of aromatic nitrogens is 4. The summed E-state index contributed by atoms with van der Waals surface area (Å²) >= 11 is 0. The molecule has 1 aliphatic rings. The van der Waals surface area contributed by atoms with Gasteiger partial charge in [0.25, 0.3) is 0 Å². The van der Waals surface area contributed by atoms with Crippen molar-refractivity contribution in [3.63, 3.8) is 0 Å². The minimum atomic E-state index is -0.186. The van der Waals surface area contributed by atoms with Gasteiger partial charge in [-0.3, -0.25) is 9.48 Å². The Morgan fingerprint density at radius 1 is 1.25 bits per heavy atom. The molecular formula is C21H26N6O. The number of hydrogen-bond acceptors (Lipinski definition) is 5. The smallest absolute Gasteiger partial charge is 0.242 e. The third kappa shape index (κ3) is 3.32. The Labute approximate surface area is 164 Å². The molecule has 1 fully saturated rings. The van der Waals surface area contributed by atoms with Crippen molar-refractivity contribution in [2.45, 2.75) is 39.2 Å². The lowest BCUT2D eigenvalue weighted by Gasteiger charge is -2.25. The van der Waals surface area contributed by atoms with Crippen LogP contribution in [0.1, 0.15) is 29.8 Å². The number of amides is 1. The molecule has 0 saturated carbocycles. The summed E-state index contributed by atoms with van der Waals surface area (Å²) in [6, 6.07) is 7.76. The standard InChI is InChI=1S/C21H26N6O/c1-14-16(15(2)26(3)25-14)10-11-22-21(28)19-9-6-12-27(19)20-17-7-4-5-8-18(17)23-13-24-20/h4-5,7-8,13,19H,6,9-12H2,1-3H3,(H,22,28). The Kier molecular flexibility index (Phi) is 4.98. The number of hydrogen-bond donors (Lipinski definition) is 1. The van der Waals surface area contributed by atoms with Crippen LogP contribution in [0.15, 0.2) is 30.6 Å². The van der Waals surface area contributed by atoms with E-state index in [0.717, 1.165) is 53.9 Å².